The Morgan fingerprint density at radius 1 is 1.62 bits per heavy atom. The van der Waals surface area contributed by atoms with Gasteiger partial charge in [-0.3, -0.25) is 9.48 Å². The van der Waals surface area contributed by atoms with Crippen LogP contribution in [0, 0.1) is 0 Å². The molecule has 0 saturated carbocycles. The molecule has 1 aromatic rings. The number of hydrogen-bond acceptors (Lipinski definition) is 4. The Hall–Kier alpha value is -1.50. The maximum Gasteiger partial charge on any atom is 0.358 e. The molecule has 0 amide bonds. The van der Waals surface area contributed by atoms with Gasteiger partial charge >= 0.3 is 5.97 Å². The fraction of sp³-hybridized carbons (Fsp3) is 0.375. The molecule has 0 N–H and O–H groups in total. The summed E-state index contributed by atoms with van der Waals surface area (Å²) in [4.78, 5) is 21.9. The molecule has 0 radical (unpaired) electrons. The first-order valence-electron chi connectivity index (χ1n) is 4.10. The maximum atomic E-state index is 12.1. The van der Waals surface area contributed by atoms with Crippen LogP contribution < -0.4 is 0 Å². The largest absolute Gasteiger partial charge is 0.464 e. The van der Waals surface area contributed by atoms with E-state index >= 15 is 0 Å². The highest BCUT2D eigenvalue weighted by Crippen LogP contribution is 2.11. The van der Waals surface area contributed by atoms with Crippen molar-refractivity contribution in [1.82, 2.24) is 9.78 Å². The van der Waals surface area contributed by atoms with Crippen LogP contribution in [0.5, 0.6) is 0 Å². The molecule has 0 spiro atoms. The van der Waals surface area contributed by atoms with Crippen molar-refractivity contribution in [2.24, 2.45) is 0 Å². The van der Waals surface area contributed by atoms with E-state index in [1.807, 2.05) is 0 Å². The molecule has 1 rings (SSSR count). The number of carbonyl (C=O) groups excluding carboxylic acids is 2. The Kier molecular flexibility index (Phi) is 3.94. The highest BCUT2D eigenvalue weighted by Gasteiger charge is 2.20. The van der Waals surface area contributed by atoms with Gasteiger partial charge < -0.3 is 4.74 Å². The normalized spacial score (nSPS) is 10.6. The highest BCUT2D eigenvalue weighted by atomic mass is 35.5. The van der Waals surface area contributed by atoms with Crippen molar-refractivity contribution in [1.29, 1.82) is 0 Å². The number of carbonyl (C=O) groups is 2. The maximum absolute atomic E-state index is 12.1. The summed E-state index contributed by atoms with van der Waals surface area (Å²) in [5.74, 6) is -0.827. The van der Waals surface area contributed by atoms with Gasteiger partial charge in [0.25, 0.3) is 11.7 Å². The Morgan fingerprint density at radius 3 is 2.69 bits per heavy atom. The van der Waals surface area contributed by atoms with Crippen LogP contribution in [-0.4, -0.2) is 34.5 Å². The number of halogens is 3. The van der Waals surface area contributed by atoms with E-state index in [4.69, 9.17) is 11.6 Å². The van der Waals surface area contributed by atoms with Crippen molar-refractivity contribution in [2.45, 2.75) is 13.0 Å². The summed E-state index contributed by atoms with van der Waals surface area (Å²) >= 11 is 5.16. The van der Waals surface area contributed by atoms with Crippen LogP contribution in [0.1, 0.15) is 21.0 Å². The number of alkyl halides is 2. The first kappa shape index (κ1) is 12.6. The predicted octanol–water partition coefficient (Wildman–Crippen LogP) is 1.31. The number of methoxy groups -OCH3 is 1. The smallest absolute Gasteiger partial charge is 0.358 e. The number of aromatic nitrogens is 2. The van der Waals surface area contributed by atoms with E-state index in [1.54, 1.807) is 0 Å². The lowest BCUT2D eigenvalue weighted by Gasteiger charge is -2.02. The highest BCUT2D eigenvalue weighted by molar-refractivity contribution is 6.67. The minimum atomic E-state index is -2.71. The van der Waals surface area contributed by atoms with Crippen LogP contribution in [0.25, 0.3) is 0 Å². The SMILES string of the molecule is COC(=O)c1cc(C(=O)Cl)n(CC(F)F)n1. The summed E-state index contributed by atoms with van der Waals surface area (Å²) in [5.41, 5.74) is -0.519. The summed E-state index contributed by atoms with van der Waals surface area (Å²) < 4.78 is 29.3. The van der Waals surface area contributed by atoms with Gasteiger partial charge in [0, 0.05) is 6.07 Å². The molecule has 1 aromatic heterocycles. The number of rotatable bonds is 4. The number of esters is 1. The average molecular weight is 253 g/mol. The lowest BCUT2D eigenvalue weighted by atomic mass is 10.3. The fourth-order valence-electron chi connectivity index (χ4n) is 1.05. The van der Waals surface area contributed by atoms with Crippen LogP contribution in [0.15, 0.2) is 6.07 Å². The minimum absolute atomic E-state index is 0.243. The van der Waals surface area contributed by atoms with Gasteiger partial charge in [0.1, 0.15) is 12.2 Å². The van der Waals surface area contributed by atoms with E-state index in [-0.39, 0.29) is 11.4 Å². The van der Waals surface area contributed by atoms with Gasteiger partial charge in [0.2, 0.25) is 0 Å². The molecule has 0 saturated heterocycles. The molecule has 0 aromatic carbocycles. The molecule has 0 atom stereocenters. The monoisotopic (exact) mass is 252 g/mol. The Morgan fingerprint density at radius 2 is 2.25 bits per heavy atom. The summed E-state index contributed by atoms with van der Waals surface area (Å²) in [5, 5.41) is 2.53. The average Bonchev–Trinajstić information content (AvgIpc) is 2.59. The fourth-order valence-corrected chi connectivity index (χ4v) is 1.20. The molecular formula is C8H7ClF2N2O3. The van der Waals surface area contributed by atoms with E-state index in [0.29, 0.717) is 4.68 Å². The Balaban J connectivity index is 3.09. The Labute approximate surface area is 93.9 Å². The van der Waals surface area contributed by atoms with Gasteiger partial charge in [-0.1, -0.05) is 0 Å². The molecule has 16 heavy (non-hydrogen) atoms. The van der Waals surface area contributed by atoms with Crippen LogP contribution in [-0.2, 0) is 11.3 Å². The molecule has 0 bridgehead atoms. The molecule has 0 unspecified atom stereocenters. The summed E-state index contributed by atoms with van der Waals surface area (Å²) in [6.07, 6.45) is -2.71. The molecule has 88 valence electrons. The van der Waals surface area contributed by atoms with Gasteiger partial charge in [-0.05, 0) is 11.6 Å². The molecule has 0 aliphatic rings. The van der Waals surface area contributed by atoms with Gasteiger partial charge in [-0.2, -0.15) is 5.10 Å². The zero-order valence-electron chi connectivity index (χ0n) is 8.11. The van der Waals surface area contributed by atoms with E-state index in [1.165, 1.54) is 0 Å². The quantitative estimate of drug-likeness (QED) is 0.599. The third kappa shape index (κ3) is 2.75. The standard InChI is InChI=1S/C8H7ClF2N2O3/c1-16-8(15)4-2-5(7(9)14)13(12-4)3-6(10)11/h2,6H,3H2,1H3. The number of nitrogens with zero attached hydrogens (tertiary/aromatic N) is 2. The second kappa shape index (κ2) is 5.02. The molecule has 8 heteroatoms. The van der Waals surface area contributed by atoms with Crippen molar-refractivity contribution >= 4 is 22.8 Å². The lowest BCUT2D eigenvalue weighted by Crippen LogP contribution is -2.13. The van der Waals surface area contributed by atoms with E-state index in [0.717, 1.165) is 13.2 Å². The van der Waals surface area contributed by atoms with Gasteiger partial charge in [-0.15, -0.1) is 0 Å². The van der Waals surface area contributed by atoms with Crippen LogP contribution >= 0.6 is 11.6 Å². The minimum Gasteiger partial charge on any atom is -0.464 e. The third-order valence-corrected chi connectivity index (χ3v) is 1.88. The summed E-state index contributed by atoms with van der Waals surface area (Å²) in [7, 11) is 1.11. The summed E-state index contributed by atoms with van der Waals surface area (Å²) in [6, 6.07) is 1.00. The van der Waals surface area contributed by atoms with Crippen LogP contribution in [0.2, 0.25) is 0 Å². The summed E-state index contributed by atoms with van der Waals surface area (Å²) in [6.45, 7) is -0.815. The second-order valence-corrected chi connectivity index (χ2v) is 3.10. The molecule has 0 aliphatic heterocycles. The first-order chi connectivity index (χ1) is 7.45. The van der Waals surface area contributed by atoms with Crippen molar-refractivity contribution in [3.63, 3.8) is 0 Å². The van der Waals surface area contributed by atoms with Crippen molar-refractivity contribution in [3.05, 3.63) is 17.5 Å². The van der Waals surface area contributed by atoms with Gasteiger partial charge in [0.15, 0.2) is 5.69 Å². The molecular weight excluding hydrogens is 246 g/mol. The molecule has 1 heterocycles. The van der Waals surface area contributed by atoms with Gasteiger partial charge in [0.05, 0.1) is 7.11 Å². The topological polar surface area (TPSA) is 61.2 Å². The van der Waals surface area contributed by atoms with E-state index < -0.39 is 24.2 Å². The number of hydrogen-bond donors (Lipinski definition) is 0. The number of ether oxygens (including phenoxy) is 1. The van der Waals surface area contributed by atoms with Crippen molar-refractivity contribution < 1.29 is 23.1 Å². The van der Waals surface area contributed by atoms with E-state index in [2.05, 4.69) is 9.84 Å². The zero-order chi connectivity index (χ0) is 12.3. The molecule has 0 aliphatic carbocycles. The van der Waals surface area contributed by atoms with Crippen molar-refractivity contribution in [2.75, 3.05) is 7.11 Å². The van der Waals surface area contributed by atoms with Crippen LogP contribution in [0.3, 0.4) is 0 Å². The van der Waals surface area contributed by atoms with Crippen molar-refractivity contribution in [3.8, 4) is 0 Å². The zero-order valence-corrected chi connectivity index (χ0v) is 8.87. The van der Waals surface area contributed by atoms with Crippen LogP contribution in [0.4, 0.5) is 8.78 Å². The first-order valence-corrected chi connectivity index (χ1v) is 4.47. The lowest BCUT2D eigenvalue weighted by molar-refractivity contribution is 0.0590. The molecule has 0 fully saturated rings. The van der Waals surface area contributed by atoms with E-state index in [9.17, 15) is 18.4 Å². The van der Waals surface area contributed by atoms with Gasteiger partial charge in [-0.25, -0.2) is 13.6 Å². The molecule has 5 nitrogen and oxygen atoms in total. The Bertz CT molecular complexity index is 419. The third-order valence-electron chi connectivity index (χ3n) is 1.69. The second-order valence-electron chi connectivity index (χ2n) is 2.75. The predicted molar refractivity (Wildman–Crippen MR) is 49.8 cm³/mol.